The summed E-state index contributed by atoms with van der Waals surface area (Å²) < 4.78 is 36.2. The predicted molar refractivity (Wildman–Crippen MR) is 172 cm³/mol. The zero-order valence-electron chi connectivity index (χ0n) is 25.6. The summed E-state index contributed by atoms with van der Waals surface area (Å²) in [7, 11) is -4.34. The van der Waals surface area contributed by atoms with E-state index < -0.39 is 21.8 Å². The normalized spacial score (nSPS) is 11.8. The van der Waals surface area contributed by atoms with Crippen LogP contribution in [0.4, 0.5) is 0 Å². The summed E-state index contributed by atoms with van der Waals surface area (Å²) in [5.41, 5.74) is 2.45. The van der Waals surface area contributed by atoms with E-state index in [1.54, 1.807) is 6.07 Å². The van der Waals surface area contributed by atoms with Crippen molar-refractivity contribution in [3.8, 4) is 0 Å². The van der Waals surface area contributed by atoms with Crippen LogP contribution in [-0.2, 0) is 16.7 Å². The monoisotopic (exact) mass is 605 g/mol. The first-order chi connectivity index (χ1) is 19.7. The fraction of sp³-hybridized carbons (Fsp3) is 0.594. The van der Waals surface area contributed by atoms with Crippen molar-refractivity contribution in [2.45, 2.75) is 85.6 Å². The minimum atomic E-state index is -4.34. The van der Waals surface area contributed by atoms with Crippen molar-refractivity contribution in [1.82, 2.24) is 9.88 Å². The van der Waals surface area contributed by atoms with Gasteiger partial charge in [0.25, 0.3) is 5.91 Å². The molecule has 41 heavy (non-hydrogen) atoms. The largest absolute Gasteiger partial charge is 0.748 e. The molecule has 7 nitrogen and oxygen atoms in total. The van der Waals surface area contributed by atoms with Gasteiger partial charge in [0.2, 0.25) is 0 Å². The maximum atomic E-state index is 12.4. The first-order valence-electron chi connectivity index (χ1n) is 15.4. The number of carbonyl (C=O) groups is 1. The van der Waals surface area contributed by atoms with E-state index in [2.05, 4.69) is 33.0 Å². The quantitative estimate of drug-likeness (QED) is 0.124. The molecule has 0 atom stereocenters. The van der Waals surface area contributed by atoms with Crippen LogP contribution in [0.15, 0.2) is 47.8 Å². The number of fused-ring (bicyclic) bond motifs is 1. The molecule has 0 saturated carbocycles. The number of benzene rings is 1. The van der Waals surface area contributed by atoms with Gasteiger partial charge in [0.1, 0.15) is 5.69 Å². The third kappa shape index (κ3) is 12.3. The van der Waals surface area contributed by atoms with Crippen LogP contribution in [0.25, 0.3) is 10.2 Å². The average molecular weight is 606 g/mol. The summed E-state index contributed by atoms with van der Waals surface area (Å²) >= 11 is 1.53. The highest BCUT2D eigenvalue weighted by atomic mass is 32.2. The van der Waals surface area contributed by atoms with Gasteiger partial charge in [-0.2, -0.15) is 0 Å². The van der Waals surface area contributed by atoms with Gasteiger partial charge in [0, 0.05) is 13.1 Å². The molecule has 0 radical (unpaired) electrons. The molecule has 0 bridgehead atoms. The zero-order chi connectivity index (χ0) is 30.1. The number of aromatic nitrogens is 1. The number of hydrogen-bond donors (Lipinski definition) is 1. The first-order valence-corrected chi connectivity index (χ1v) is 17.8. The minimum absolute atomic E-state index is 0.200. The summed E-state index contributed by atoms with van der Waals surface area (Å²) in [5.74, 6) is -1.01. The molecule has 0 aliphatic heterocycles. The van der Waals surface area contributed by atoms with Crippen LogP contribution in [-0.4, -0.2) is 66.4 Å². The summed E-state index contributed by atoms with van der Waals surface area (Å²) in [4.78, 5) is 12.4. The molecule has 0 fully saturated rings. The molecule has 2 heterocycles. The van der Waals surface area contributed by atoms with Gasteiger partial charge in [-0.1, -0.05) is 83.7 Å². The molecule has 9 heteroatoms. The smallest absolute Gasteiger partial charge is 0.268 e. The predicted octanol–water partition coefficient (Wildman–Crippen LogP) is 7.03. The summed E-state index contributed by atoms with van der Waals surface area (Å²) in [6, 6.07) is 13.5. The molecule has 1 N–H and O–H groups in total. The summed E-state index contributed by atoms with van der Waals surface area (Å²) in [6.07, 6.45) is 11.1. The van der Waals surface area contributed by atoms with Gasteiger partial charge < -0.3 is 18.9 Å². The van der Waals surface area contributed by atoms with Crippen LogP contribution in [0.2, 0.25) is 0 Å². The van der Waals surface area contributed by atoms with E-state index in [9.17, 15) is 17.8 Å². The van der Waals surface area contributed by atoms with Crippen LogP contribution in [0.1, 0.15) is 95.1 Å². The molecule has 0 spiro atoms. The maximum Gasteiger partial charge on any atom is 0.268 e. The number of nitrogens with one attached hydrogen (secondary N) is 1. The fourth-order valence-corrected chi connectivity index (χ4v) is 6.30. The van der Waals surface area contributed by atoms with Crippen LogP contribution >= 0.6 is 11.3 Å². The van der Waals surface area contributed by atoms with Gasteiger partial charge in [-0.3, -0.25) is 4.79 Å². The number of nitrogens with zero attached hydrogens (tertiary/aromatic N) is 2. The second-order valence-corrected chi connectivity index (χ2v) is 13.4. The van der Waals surface area contributed by atoms with E-state index in [1.807, 2.05) is 46.3 Å². The highest BCUT2D eigenvalue weighted by molar-refractivity contribution is 7.85. The van der Waals surface area contributed by atoms with E-state index >= 15 is 0 Å². The Hall–Kier alpha value is -2.20. The first kappa shape index (κ1) is 35.0. The van der Waals surface area contributed by atoms with Gasteiger partial charge in [0.05, 0.1) is 52.3 Å². The van der Waals surface area contributed by atoms with Gasteiger partial charge in [-0.15, -0.1) is 11.3 Å². The van der Waals surface area contributed by atoms with Gasteiger partial charge in [-0.25, -0.2) is 8.42 Å². The lowest BCUT2D eigenvalue weighted by molar-refractivity contribution is -0.929. The highest BCUT2D eigenvalue weighted by Crippen LogP contribution is 2.26. The molecule has 3 aromatic rings. The Balaban J connectivity index is 0.000000307. The number of rotatable bonds is 18. The summed E-state index contributed by atoms with van der Waals surface area (Å²) in [5, 5.41) is 4.45. The summed E-state index contributed by atoms with van der Waals surface area (Å²) in [6.45, 7) is 15.4. The van der Waals surface area contributed by atoms with E-state index in [0.29, 0.717) is 12.2 Å². The van der Waals surface area contributed by atoms with Crippen molar-refractivity contribution in [1.29, 1.82) is 0 Å². The van der Waals surface area contributed by atoms with Crippen LogP contribution in [0, 0.1) is 0 Å². The van der Waals surface area contributed by atoms with Crippen LogP contribution in [0.3, 0.4) is 0 Å². The standard InChI is InChI=1S/C16H16N2O4S2.C16H36N/c19-16(17-7-9-24(20,21)22)14-10-15-13(6-8-23-15)18(14)11-12-4-2-1-3-5-12;1-5-9-13-17(14-10-6-2,15-11-7-3)16-12-8-4/h1-6,8,10H,7,9,11H2,(H,17,19)(H,20,21,22);5-16H2,1-4H3/q;+1/p-1. The molecular weight excluding hydrogens is 555 g/mol. The second-order valence-electron chi connectivity index (χ2n) is 10.9. The molecule has 0 aliphatic rings. The van der Waals surface area contributed by atoms with Crippen molar-refractivity contribution in [3.63, 3.8) is 0 Å². The van der Waals surface area contributed by atoms with Crippen molar-refractivity contribution < 1.29 is 22.2 Å². The molecule has 1 amide bonds. The maximum absolute atomic E-state index is 12.4. The van der Waals surface area contributed by atoms with E-state index in [0.717, 1.165) is 15.8 Å². The molecule has 0 unspecified atom stereocenters. The van der Waals surface area contributed by atoms with Gasteiger partial charge >= 0.3 is 0 Å². The van der Waals surface area contributed by atoms with E-state index in [-0.39, 0.29) is 6.54 Å². The molecular formula is C32H51N3O4S2. The SMILES string of the molecule is CCCC[N+](CCCC)(CCCC)CCCC.O=C(NCCS(=O)(=O)[O-])c1cc2sccc2n1Cc1ccccc1. The lowest BCUT2D eigenvalue weighted by atomic mass is 10.1. The number of carbonyl (C=O) groups excluding carboxylic acids is 1. The number of amides is 1. The molecule has 2 aromatic heterocycles. The minimum Gasteiger partial charge on any atom is -0.748 e. The number of hydrogen-bond acceptors (Lipinski definition) is 5. The second kappa shape index (κ2) is 18.4. The Morgan fingerprint density at radius 3 is 1.90 bits per heavy atom. The topological polar surface area (TPSA) is 91.2 Å². The molecule has 0 aliphatic carbocycles. The van der Waals surface area contributed by atoms with Crippen LogP contribution in [0.5, 0.6) is 0 Å². The third-order valence-electron chi connectivity index (χ3n) is 7.52. The molecule has 0 saturated heterocycles. The van der Waals surface area contributed by atoms with Crippen molar-refractivity contribution in [3.05, 3.63) is 59.1 Å². The molecule has 1 aromatic carbocycles. The Bertz CT molecular complexity index is 1210. The Labute approximate surface area is 252 Å². The number of quaternary nitrogens is 1. The molecule has 230 valence electrons. The highest BCUT2D eigenvalue weighted by Gasteiger charge is 2.24. The van der Waals surface area contributed by atoms with Crippen molar-refractivity contribution in [2.24, 2.45) is 0 Å². The Morgan fingerprint density at radius 2 is 1.41 bits per heavy atom. The fourth-order valence-electron chi connectivity index (χ4n) is 5.13. The third-order valence-corrected chi connectivity index (χ3v) is 9.08. The Morgan fingerprint density at radius 1 is 0.878 bits per heavy atom. The lowest BCUT2D eigenvalue weighted by Crippen LogP contribution is -2.50. The zero-order valence-corrected chi connectivity index (χ0v) is 27.2. The lowest BCUT2D eigenvalue weighted by Gasteiger charge is -2.39. The van der Waals surface area contributed by atoms with Crippen molar-refractivity contribution in [2.75, 3.05) is 38.5 Å². The average Bonchev–Trinajstić information content (AvgIpc) is 3.55. The number of thiophene rings is 1. The number of unbranched alkanes of at least 4 members (excludes halogenated alkanes) is 4. The van der Waals surface area contributed by atoms with E-state index in [1.165, 1.54) is 93.4 Å². The van der Waals surface area contributed by atoms with Gasteiger partial charge in [-0.05, 0) is 48.8 Å². The van der Waals surface area contributed by atoms with Gasteiger partial charge in [0.15, 0.2) is 0 Å². The van der Waals surface area contributed by atoms with Crippen LogP contribution < -0.4 is 5.32 Å². The van der Waals surface area contributed by atoms with Crippen molar-refractivity contribution >= 4 is 37.6 Å². The molecule has 3 rings (SSSR count). The Kier molecular flexibility index (Phi) is 15.7. The van der Waals surface area contributed by atoms with E-state index in [4.69, 9.17) is 0 Å².